The number of phenolic OH excluding ortho intramolecular Hbond substituents is 1. The minimum Gasteiger partial charge on any atom is -0.508 e. The average Bonchev–Trinajstić information content (AvgIpc) is 3.14. The summed E-state index contributed by atoms with van der Waals surface area (Å²) in [6, 6.07) is 19.2. The number of H-pyrrole nitrogens is 1. The number of benzene rings is 2. The zero-order valence-electron chi connectivity index (χ0n) is 13.8. The molecule has 2 aromatic heterocycles. The highest BCUT2D eigenvalue weighted by Gasteiger charge is 2.08. The summed E-state index contributed by atoms with van der Waals surface area (Å²) in [5, 5.41) is 10.4. The van der Waals surface area contributed by atoms with Crippen LogP contribution in [0.3, 0.4) is 0 Å². The second-order valence-corrected chi connectivity index (χ2v) is 5.91. The Morgan fingerprint density at radius 3 is 2.56 bits per heavy atom. The molecule has 2 aromatic carbocycles. The minimum atomic E-state index is 0.0244. The van der Waals surface area contributed by atoms with Gasteiger partial charge >= 0.3 is 0 Å². The molecule has 5 nitrogen and oxygen atoms in total. The standard InChI is InChI=1S/C20H18N4O/c1-14(15-5-3-2-4-6-15)23-19-18-11-12-21-20(18)24(13-22-19)16-7-9-17(25)10-8-16/h2-14,21,25H,1H3. The SMILES string of the molecule is CC(N=c1ncn(-c2ccc(O)cc2)c2[nH]ccc12)c1ccccc1. The lowest BCUT2D eigenvalue weighted by Crippen LogP contribution is -2.14. The molecule has 25 heavy (non-hydrogen) atoms. The Hall–Kier alpha value is -3.34. The Kier molecular flexibility index (Phi) is 3.82. The second-order valence-electron chi connectivity index (χ2n) is 5.91. The van der Waals surface area contributed by atoms with E-state index in [1.54, 1.807) is 18.5 Å². The van der Waals surface area contributed by atoms with Crippen molar-refractivity contribution in [3.05, 3.63) is 84.2 Å². The molecule has 0 fully saturated rings. The molecule has 0 saturated heterocycles. The van der Waals surface area contributed by atoms with Crippen LogP contribution in [0.4, 0.5) is 0 Å². The summed E-state index contributed by atoms with van der Waals surface area (Å²) in [7, 11) is 0. The fourth-order valence-electron chi connectivity index (χ4n) is 2.88. The molecule has 4 aromatic rings. The van der Waals surface area contributed by atoms with E-state index < -0.39 is 0 Å². The van der Waals surface area contributed by atoms with Crippen LogP contribution in [-0.2, 0) is 0 Å². The summed E-state index contributed by atoms with van der Waals surface area (Å²) < 4.78 is 1.95. The number of fused-ring (bicyclic) bond motifs is 1. The van der Waals surface area contributed by atoms with Crippen molar-refractivity contribution in [3.63, 3.8) is 0 Å². The topological polar surface area (TPSA) is 66.2 Å². The van der Waals surface area contributed by atoms with Crippen molar-refractivity contribution >= 4 is 11.0 Å². The zero-order valence-corrected chi connectivity index (χ0v) is 13.8. The van der Waals surface area contributed by atoms with Crippen LogP contribution in [0, 0.1) is 0 Å². The minimum absolute atomic E-state index is 0.0244. The van der Waals surface area contributed by atoms with Crippen LogP contribution in [0.15, 0.2) is 78.2 Å². The van der Waals surface area contributed by atoms with Gasteiger partial charge in [0.1, 0.15) is 17.7 Å². The van der Waals surface area contributed by atoms with Crippen LogP contribution >= 0.6 is 0 Å². The lowest BCUT2D eigenvalue weighted by Gasteiger charge is -2.09. The smallest absolute Gasteiger partial charge is 0.160 e. The maximum Gasteiger partial charge on any atom is 0.160 e. The Bertz CT molecular complexity index is 1060. The number of aromatic nitrogens is 3. The van der Waals surface area contributed by atoms with E-state index in [1.807, 2.05) is 47.2 Å². The quantitative estimate of drug-likeness (QED) is 0.601. The summed E-state index contributed by atoms with van der Waals surface area (Å²) in [6.07, 6.45) is 3.64. The maximum absolute atomic E-state index is 9.48. The van der Waals surface area contributed by atoms with Crippen molar-refractivity contribution in [3.8, 4) is 11.4 Å². The number of aromatic amines is 1. The third kappa shape index (κ3) is 2.92. The van der Waals surface area contributed by atoms with Crippen LogP contribution in [0.5, 0.6) is 5.75 Å². The van der Waals surface area contributed by atoms with Gasteiger partial charge in [0, 0.05) is 11.9 Å². The van der Waals surface area contributed by atoms with Gasteiger partial charge in [0.25, 0.3) is 0 Å². The van der Waals surface area contributed by atoms with Crippen molar-refractivity contribution in [2.75, 3.05) is 0 Å². The van der Waals surface area contributed by atoms with Gasteiger partial charge in [0.2, 0.25) is 0 Å². The van der Waals surface area contributed by atoms with Crippen LogP contribution in [0.2, 0.25) is 0 Å². The summed E-state index contributed by atoms with van der Waals surface area (Å²) in [5.41, 5.74) is 3.70. The molecule has 0 saturated carbocycles. The fraction of sp³-hybridized carbons (Fsp3) is 0.100. The van der Waals surface area contributed by atoms with E-state index in [2.05, 4.69) is 29.0 Å². The van der Waals surface area contributed by atoms with Gasteiger partial charge in [-0.1, -0.05) is 30.3 Å². The van der Waals surface area contributed by atoms with Crippen LogP contribution in [0.1, 0.15) is 18.5 Å². The molecule has 0 spiro atoms. The monoisotopic (exact) mass is 330 g/mol. The van der Waals surface area contributed by atoms with E-state index in [-0.39, 0.29) is 11.8 Å². The van der Waals surface area contributed by atoms with Gasteiger partial charge < -0.3 is 10.1 Å². The Morgan fingerprint density at radius 2 is 1.80 bits per heavy atom. The molecule has 124 valence electrons. The summed E-state index contributed by atoms with van der Waals surface area (Å²) >= 11 is 0. The number of hydrogen-bond acceptors (Lipinski definition) is 3. The molecule has 1 unspecified atom stereocenters. The predicted molar refractivity (Wildman–Crippen MR) is 97.5 cm³/mol. The maximum atomic E-state index is 9.48. The molecule has 1 atom stereocenters. The number of hydrogen-bond donors (Lipinski definition) is 2. The molecular weight excluding hydrogens is 312 g/mol. The van der Waals surface area contributed by atoms with E-state index in [0.29, 0.717) is 5.49 Å². The highest BCUT2D eigenvalue weighted by molar-refractivity contribution is 5.76. The normalized spacial score (nSPS) is 13.2. The van der Waals surface area contributed by atoms with Gasteiger partial charge in [-0.25, -0.2) is 4.98 Å². The number of nitrogens with one attached hydrogen (secondary N) is 1. The number of nitrogens with zero attached hydrogens (tertiary/aromatic N) is 3. The average molecular weight is 330 g/mol. The molecular formula is C20H18N4O. The molecule has 4 rings (SSSR count). The first kappa shape index (κ1) is 15.2. The van der Waals surface area contributed by atoms with Crippen LogP contribution in [0.25, 0.3) is 16.7 Å². The van der Waals surface area contributed by atoms with Gasteiger partial charge in [-0.2, -0.15) is 0 Å². The van der Waals surface area contributed by atoms with Crippen molar-refractivity contribution in [1.29, 1.82) is 0 Å². The molecule has 0 amide bonds. The highest BCUT2D eigenvalue weighted by Crippen LogP contribution is 2.18. The first-order valence-corrected chi connectivity index (χ1v) is 8.15. The molecule has 0 aliphatic rings. The molecule has 0 radical (unpaired) electrons. The highest BCUT2D eigenvalue weighted by atomic mass is 16.3. The van der Waals surface area contributed by atoms with Crippen LogP contribution < -0.4 is 5.49 Å². The van der Waals surface area contributed by atoms with Gasteiger partial charge in [-0.05, 0) is 42.8 Å². The second kappa shape index (κ2) is 6.28. The van der Waals surface area contributed by atoms with Crippen LogP contribution in [-0.4, -0.2) is 19.6 Å². The first-order chi connectivity index (χ1) is 12.2. The van der Waals surface area contributed by atoms with Gasteiger partial charge in [0.15, 0.2) is 5.49 Å². The van der Waals surface area contributed by atoms with Gasteiger partial charge in [0.05, 0.1) is 11.4 Å². The van der Waals surface area contributed by atoms with E-state index in [1.165, 1.54) is 0 Å². The van der Waals surface area contributed by atoms with Gasteiger partial charge in [-0.3, -0.25) is 9.56 Å². The van der Waals surface area contributed by atoms with Crippen molar-refractivity contribution in [1.82, 2.24) is 14.5 Å². The van der Waals surface area contributed by atoms with E-state index in [4.69, 9.17) is 4.99 Å². The predicted octanol–water partition coefficient (Wildman–Crippen LogP) is 3.72. The first-order valence-electron chi connectivity index (χ1n) is 8.15. The molecule has 0 aliphatic heterocycles. The number of aromatic hydroxyl groups is 1. The van der Waals surface area contributed by atoms with Gasteiger partial charge in [-0.15, -0.1) is 0 Å². The molecule has 0 bridgehead atoms. The Balaban J connectivity index is 1.83. The summed E-state index contributed by atoms with van der Waals surface area (Å²) in [5.74, 6) is 0.239. The lowest BCUT2D eigenvalue weighted by molar-refractivity contribution is 0.475. The lowest BCUT2D eigenvalue weighted by atomic mass is 10.1. The third-order valence-corrected chi connectivity index (χ3v) is 4.23. The van der Waals surface area contributed by atoms with E-state index in [0.717, 1.165) is 22.3 Å². The summed E-state index contributed by atoms with van der Waals surface area (Å²) in [4.78, 5) is 12.6. The zero-order chi connectivity index (χ0) is 17.2. The fourth-order valence-corrected chi connectivity index (χ4v) is 2.88. The summed E-state index contributed by atoms with van der Waals surface area (Å²) in [6.45, 7) is 2.07. The molecule has 2 heterocycles. The van der Waals surface area contributed by atoms with Crippen molar-refractivity contribution < 1.29 is 5.11 Å². The largest absolute Gasteiger partial charge is 0.508 e. The number of rotatable bonds is 3. The van der Waals surface area contributed by atoms with E-state index >= 15 is 0 Å². The molecule has 5 heteroatoms. The molecule has 0 aliphatic carbocycles. The molecule has 2 N–H and O–H groups in total. The number of phenols is 1. The Labute approximate surface area is 145 Å². The van der Waals surface area contributed by atoms with Crippen molar-refractivity contribution in [2.45, 2.75) is 13.0 Å². The van der Waals surface area contributed by atoms with E-state index in [9.17, 15) is 5.11 Å². The third-order valence-electron chi connectivity index (χ3n) is 4.23. The van der Waals surface area contributed by atoms with Crippen molar-refractivity contribution in [2.24, 2.45) is 4.99 Å². The Morgan fingerprint density at radius 1 is 1.04 bits per heavy atom.